The first-order valence-corrected chi connectivity index (χ1v) is 17.8. The molecule has 0 saturated heterocycles. The molecule has 0 atom stereocenters. The molecule has 0 unspecified atom stereocenters. The van der Waals surface area contributed by atoms with E-state index in [-0.39, 0.29) is 0 Å². The number of para-hydroxylation sites is 1. The minimum Gasteiger partial charge on any atom is -0.309 e. The number of thiophene rings is 1. The molecule has 10 rings (SSSR count). The van der Waals surface area contributed by atoms with Crippen molar-refractivity contribution in [2.75, 3.05) is 0 Å². The van der Waals surface area contributed by atoms with Crippen LogP contribution in [0.15, 0.2) is 182 Å². The summed E-state index contributed by atoms with van der Waals surface area (Å²) >= 11 is 1.91. The molecule has 50 heavy (non-hydrogen) atoms. The van der Waals surface area contributed by atoms with Gasteiger partial charge < -0.3 is 4.57 Å². The summed E-state index contributed by atoms with van der Waals surface area (Å²) in [7, 11) is 0. The highest BCUT2D eigenvalue weighted by molar-refractivity contribution is 7.27. The van der Waals surface area contributed by atoms with Crippen molar-refractivity contribution in [3.63, 3.8) is 0 Å². The van der Waals surface area contributed by atoms with Crippen LogP contribution >= 0.6 is 11.3 Å². The van der Waals surface area contributed by atoms with E-state index in [1.54, 1.807) is 0 Å². The maximum Gasteiger partial charge on any atom is 0.0715 e. The third-order valence-corrected chi connectivity index (χ3v) is 11.1. The van der Waals surface area contributed by atoms with Gasteiger partial charge in [-0.3, -0.25) is 0 Å². The van der Waals surface area contributed by atoms with E-state index in [0.717, 1.165) is 22.5 Å². The Kier molecular flexibility index (Phi) is 6.71. The molecule has 3 heterocycles. The lowest BCUT2D eigenvalue weighted by molar-refractivity contribution is 1.18. The number of benzene rings is 7. The van der Waals surface area contributed by atoms with Gasteiger partial charge in [0, 0.05) is 47.8 Å². The molecular formula is C47H30N2S. The van der Waals surface area contributed by atoms with Crippen LogP contribution < -0.4 is 0 Å². The molecule has 0 fully saturated rings. The minimum absolute atomic E-state index is 0.974. The zero-order valence-electron chi connectivity index (χ0n) is 27.1. The van der Waals surface area contributed by atoms with E-state index in [9.17, 15) is 0 Å². The third kappa shape index (κ3) is 4.67. The Bertz CT molecular complexity index is 2780. The van der Waals surface area contributed by atoms with Crippen molar-refractivity contribution in [2.45, 2.75) is 0 Å². The van der Waals surface area contributed by atoms with E-state index in [1.165, 1.54) is 69.9 Å². The molecule has 7 aromatic carbocycles. The molecule has 0 aliphatic rings. The van der Waals surface area contributed by atoms with Gasteiger partial charge in [0.05, 0.1) is 22.4 Å². The van der Waals surface area contributed by atoms with Crippen molar-refractivity contribution >= 4 is 53.3 Å². The van der Waals surface area contributed by atoms with Gasteiger partial charge in [0.15, 0.2) is 0 Å². The van der Waals surface area contributed by atoms with Gasteiger partial charge in [-0.05, 0) is 64.7 Å². The van der Waals surface area contributed by atoms with Crippen molar-refractivity contribution in [1.82, 2.24) is 9.55 Å². The van der Waals surface area contributed by atoms with E-state index in [2.05, 4.69) is 187 Å². The summed E-state index contributed by atoms with van der Waals surface area (Å²) in [6.07, 6.45) is 0. The van der Waals surface area contributed by atoms with Crippen molar-refractivity contribution in [1.29, 1.82) is 0 Å². The number of pyridine rings is 1. The van der Waals surface area contributed by atoms with Crippen LogP contribution in [0.25, 0.3) is 92.4 Å². The fourth-order valence-corrected chi connectivity index (χ4v) is 8.84. The molecule has 0 bridgehead atoms. The van der Waals surface area contributed by atoms with Crippen LogP contribution in [-0.2, 0) is 0 Å². The molecule has 3 aromatic heterocycles. The predicted molar refractivity (Wildman–Crippen MR) is 213 cm³/mol. The highest BCUT2D eigenvalue weighted by atomic mass is 32.1. The topological polar surface area (TPSA) is 17.8 Å². The predicted octanol–water partition coefficient (Wildman–Crippen LogP) is 13.2. The quantitative estimate of drug-likeness (QED) is 0.181. The fraction of sp³-hybridized carbons (Fsp3) is 0. The largest absolute Gasteiger partial charge is 0.309 e. The summed E-state index contributed by atoms with van der Waals surface area (Å²) in [4.78, 5) is 5.16. The Morgan fingerprint density at radius 1 is 0.380 bits per heavy atom. The van der Waals surface area contributed by atoms with E-state index in [4.69, 9.17) is 4.98 Å². The maximum absolute atomic E-state index is 5.16. The Hall–Kier alpha value is -6.29. The van der Waals surface area contributed by atoms with Crippen LogP contribution in [0.2, 0.25) is 0 Å². The first-order valence-electron chi connectivity index (χ1n) is 17.0. The van der Waals surface area contributed by atoms with Gasteiger partial charge in [0.1, 0.15) is 0 Å². The second-order valence-electron chi connectivity index (χ2n) is 12.7. The fourth-order valence-electron chi connectivity index (χ4n) is 7.45. The third-order valence-electron chi connectivity index (χ3n) is 9.79. The first kappa shape index (κ1) is 28.7. The van der Waals surface area contributed by atoms with Gasteiger partial charge in [-0.25, -0.2) is 4.98 Å². The first-order chi connectivity index (χ1) is 24.8. The number of rotatable bonds is 5. The molecule has 234 valence electrons. The summed E-state index contributed by atoms with van der Waals surface area (Å²) in [5.74, 6) is 0. The van der Waals surface area contributed by atoms with Crippen LogP contribution in [0.3, 0.4) is 0 Å². The summed E-state index contributed by atoms with van der Waals surface area (Å²) in [6.45, 7) is 0. The van der Waals surface area contributed by atoms with Crippen molar-refractivity contribution in [3.8, 4) is 50.5 Å². The standard InChI is InChI=1S/C47H30N2S/c1-5-14-31(15-6-1)34-24-26-43-40(28-34)45-44(49(43)36-20-11-4-12-21-36)27-25-39-38-23-13-22-37(46(38)50-47(39)45)35-29-41(32-16-7-2-8-17-32)48-42(30-35)33-18-9-3-10-19-33/h1-30H. The molecule has 0 aliphatic carbocycles. The summed E-state index contributed by atoms with van der Waals surface area (Å²) < 4.78 is 5.03. The van der Waals surface area contributed by atoms with Crippen LogP contribution in [-0.4, -0.2) is 9.55 Å². The zero-order chi connectivity index (χ0) is 33.0. The Labute approximate surface area is 294 Å². The Morgan fingerprint density at radius 3 is 1.62 bits per heavy atom. The van der Waals surface area contributed by atoms with E-state index < -0.39 is 0 Å². The highest BCUT2D eigenvalue weighted by Crippen LogP contribution is 2.47. The second-order valence-corrected chi connectivity index (χ2v) is 13.8. The van der Waals surface area contributed by atoms with Gasteiger partial charge in [-0.15, -0.1) is 11.3 Å². The smallest absolute Gasteiger partial charge is 0.0715 e. The highest BCUT2D eigenvalue weighted by Gasteiger charge is 2.20. The number of aromatic nitrogens is 2. The van der Waals surface area contributed by atoms with Gasteiger partial charge in [-0.2, -0.15) is 0 Å². The summed E-state index contributed by atoms with van der Waals surface area (Å²) in [5.41, 5.74) is 12.6. The molecule has 0 amide bonds. The van der Waals surface area contributed by atoms with Gasteiger partial charge in [0.25, 0.3) is 0 Å². The lowest BCUT2D eigenvalue weighted by Crippen LogP contribution is -1.92. The van der Waals surface area contributed by atoms with E-state index in [0.29, 0.717) is 0 Å². The molecule has 0 spiro atoms. The molecule has 0 aliphatic heterocycles. The summed E-state index contributed by atoms with van der Waals surface area (Å²) in [6, 6.07) is 65.3. The number of hydrogen-bond acceptors (Lipinski definition) is 2. The molecule has 0 saturated carbocycles. The zero-order valence-corrected chi connectivity index (χ0v) is 27.9. The van der Waals surface area contributed by atoms with E-state index in [1.807, 2.05) is 11.3 Å². The number of nitrogens with zero attached hydrogens (tertiary/aromatic N) is 2. The SMILES string of the molecule is c1ccc(-c2ccc3c(c2)c2c4sc5c(-c6cc(-c7ccccc7)nc(-c7ccccc7)c6)cccc5c4ccc2n3-c2ccccc2)cc1. The van der Waals surface area contributed by atoms with Gasteiger partial charge in [0.2, 0.25) is 0 Å². The second kappa shape index (κ2) is 11.7. The number of hydrogen-bond donors (Lipinski definition) is 0. The maximum atomic E-state index is 5.16. The minimum atomic E-state index is 0.974. The van der Waals surface area contributed by atoms with Crippen LogP contribution in [0.5, 0.6) is 0 Å². The molecule has 2 nitrogen and oxygen atoms in total. The molecule has 0 N–H and O–H groups in total. The van der Waals surface area contributed by atoms with Gasteiger partial charge in [-0.1, -0.05) is 140 Å². The summed E-state index contributed by atoms with van der Waals surface area (Å²) in [5, 5.41) is 5.14. The monoisotopic (exact) mass is 654 g/mol. The Morgan fingerprint density at radius 2 is 0.960 bits per heavy atom. The lowest BCUT2D eigenvalue weighted by Gasteiger charge is -2.11. The molecular weight excluding hydrogens is 625 g/mol. The normalized spacial score (nSPS) is 11.6. The van der Waals surface area contributed by atoms with Crippen molar-refractivity contribution in [2.24, 2.45) is 0 Å². The lowest BCUT2D eigenvalue weighted by atomic mass is 9.98. The average Bonchev–Trinajstić information content (AvgIpc) is 3.74. The van der Waals surface area contributed by atoms with Crippen molar-refractivity contribution < 1.29 is 0 Å². The van der Waals surface area contributed by atoms with E-state index >= 15 is 0 Å². The average molecular weight is 655 g/mol. The van der Waals surface area contributed by atoms with Gasteiger partial charge >= 0.3 is 0 Å². The van der Waals surface area contributed by atoms with Crippen LogP contribution in [0.1, 0.15) is 0 Å². The Balaban J connectivity index is 1.26. The van der Waals surface area contributed by atoms with Crippen molar-refractivity contribution in [3.05, 3.63) is 182 Å². The number of fused-ring (bicyclic) bond motifs is 7. The molecule has 10 aromatic rings. The van der Waals surface area contributed by atoms with Crippen LogP contribution in [0.4, 0.5) is 0 Å². The van der Waals surface area contributed by atoms with Crippen LogP contribution in [0, 0.1) is 0 Å². The molecule has 3 heteroatoms. The molecule has 0 radical (unpaired) electrons.